The van der Waals surface area contributed by atoms with Crippen LogP contribution in [0.25, 0.3) is 0 Å². The number of likely N-dealkylation sites (N-methyl/N-ethyl adjacent to an activating group) is 1. The Morgan fingerprint density at radius 1 is 1.50 bits per heavy atom. The fourth-order valence-electron chi connectivity index (χ4n) is 1.91. The van der Waals surface area contributed by atoms with E-state index in [1.807, 2.05) is 6.92 Å². The largest absolute Gasteiger partial charge is 0.414 e. The number of halogens is 3. The van der Waals surface area contributed by atoms with Crippen molar-refractivity contribution >= 4 is 0 Å². The molecule has 0 aliphatic carbocycles. The molecule has 1 fully saturated rings. The van der Waals surface area contributed by atoms with Crippen LogP contribution in [0.5, 0.6) is 0 Å². The van der Waals surface area contributed by atoms with Crippen molar-refractivity contribution in [2.45, 2.75) is 31.7 Å². The van der Waals surface area contributed by atoms with Gasteiger partial charge in [-0.25, -0.2) is 0 Å². The Kier molecular flexibility index (Phi) is 4.61. The minimum Gasteiger partial charge on any atom is -0.383 e. The molecule has 2 heterocycles. The monoisotopic (exact) mass is 295 g/mol. The summed E-state index contributed by atoms with van der Waals surface area (Å²) >= 11 is 0. The lowest BCUT2D eigenvalue weighted by atomic mass is 10.2. The number of ether oxygens (including phenoxy) is 1. The third kappa shape index (κ3) is 3.68. The van der Waals surface area contributed by atoms with Gasteiger partial charge in [-0.2, -0.15) is 18.2 Å². The molecule has 0 amide bonds. The SMILES string of the molecule is CCN1CCOC(c2noc(CC(O)C(F)(F)F)n2)C1. The van der Waals surface area contributed by atoms with Crippen LogP contribution in [-0.4, -0.2) is 58.7 Å². The minimum atomic E-state index is -4.70. The average Bonchev–Trinajstić information content (AvgIpc) is 2.86. The first-order valence-electron chi connectivity index (χ1n) is 6.31. The maximum absolute atomic E-state index is 12.2. The van der Waals surface area contributed by atoms with E-state index in [9.17, 15) is 13.2 Å². The Morgan fingerprint density at radius 2 is 2.25 bits per heavy atom. The lowest BCUT2D eigenvalue weighted by Gasteiger charge is -2.30. The van der Waals surface area contributed by atoms with Gasteiger partial charge in [0.05, 0.1) is 13.0 Å². The number of nitrogens with zero attached hydrogens (tertiary/aromatic N) is 3. The van der Waals surface area contributed by atoms with Gasteiger partial charge in [0, 0.05) is 13.1 Å². The van der Waals surface area contributed by atoms with E-state index < -0.39 is 24.8 Å². The molecule has 0 radical (unpaired) electrons. The summed E-state index contributed by atoms with van der Waals surface area (Å²) in [6, 6.07) is 0. The predicted octanol–water partition coefficient (Wildman–Crippen LogP) is 0.928. The van der Waals surface area contributed by atoms with E-state index >= 15 is 0 Å². The Bertz CT molecular complexity index is 438. The number of aromatic nitrogens is 2. The van der Waals surface area contributed by atoms with Crippen LogP contribution >= 0.6 is 0 Å². The quantitative estimate of drug-likeness (QED) is 0.891. The molecule has 20 heavy (non-hydrogen) atoms. The van der Waals surface area contributed by atoms with E-state index in [-0.39, 0.29) is 11.7 Å². The van der Waals surface area contributed by atoms with E-state index in [1.54, 1.807) is 0 Å². The highest BCUT2D eigenvalue weighted by Gasteiger charge is 2.39. The van der Waals surface area contributed by atoms with Crippen LogP contribution in [0, 0.1) is 0 Å². The Hall–Kier alpha value is -1.19. The molecule has 2 atom stereocenters. The van der Waals surface area contributed by atoms with Gasteiger partial charge in [0.2, 0.25) is 11.7 Å². The number of morpholine rings is 1. The van der Waals surface area contributed by atoms with Gasteiger partial charge >= 0.3 is 6.18 Å². The van der Waals surface area contributed by atoms with Crippen LogP contribution in [0.1, 0.15) is 24.7 Å². The van der Waals surface area contributed by atoms with Gasteiger partial charge < -0.3 is 14.4 Å². The summed E-state index contributed by atoms with van der Waals surface area (Å²) in [6.07, 6.45) is -8.37. The molecule has 1 saturated heterocycles. The van der Waals surface area contributed by atoms with E-state index in [0.29, 0.717) is 13.2 Å². The number of alkyl halides is 3. The van der Waals surface area contributed by atoms with E-state index in [4.69, 9.17) is 14.4 Å². The molecule has 6 nitrogen and oxygen atoms in total. The van der Waals surface area contributed by atoms with Crippen molar-refractivity contribution < 1.29 is 27.5 Å². The molecular weight excluding hydrogens is 279 g/mol. The molecule has 2 unspecified atom stereocenters. The number of rotatable bonds is 4. The van der Waals surface area contributed by atoms with Crippen molar-refractivity contribution in [3.8, 4) is 0 Å². The van der Waals surface area contributed by atoms with Gasteiger partial charge in [0.1, 0.15) is 6.10 Å². The molecule has 0 spiro atoms. The van der Waals surface area contributed by atoms with Gasteiger partial charge in [-0.15, -0.1) is 0 Å². The van der Waals surface area contributed by atoms with Crippen molar-refractivity contribution in [3.05, 3.63) is 11.7 Å². The van der Waals surface area contributed by atoms with Crippen LogP contribution in [0.15, 0.2) is 4.52 Å². The van der Waals surface area contributed by atoms with E-state index in [2.05, 4.69) is 15.0 Å². The maximum atomic E-state index is 12.2. The summed E-state index contributed by atoms with van der Waals surface area (Å²) in [5.41, 5.74) is 0. The molecule has 0 aromatic carbocycles. The summed E-state index contributed by atoms with van der Waals surface area (Å²) in [5.74, 6) is -0.0328. The second-order valence-electron chi connectivity index (χ2n) is 4.56. The molecule has 2 rings (SSSR count). The molecular formula is C11H16F3N3O3. The third-order valence-corrected chi connectivity index (χ3v) is 3.12. The summed E-state index contributed by atoms with van der Waals surface area (Å²) in [6.45, 7) is 4.72. The average molecular weight is 295 g/mol. The number of aliphatic hydroxyl groups is 1. The second-order valence-corrected chi connectivity index (χ2v) is 4.56. The zero-order valence-corrected chi connectivity index (χ0v) is 10.9. The number of hydrogen-bond donors (Lipinski definition) is 1. The molecule has 0 saturated carbocycles. The normalized spacial score (nSPS) is 22.9. The lowest BCUT2D eigenvalue weighted by molar-refractivity contribution is -0.204. The Morgan fingerprint density at radius 3 is 2.90 bits per heavy atom. The van der Waals surface area contributed by atoms with Crippen LogP contribution in [0.4, 0.5) is 13.2 Å². The van der Waals surface area contributed by atoms with Crippen LogP contribution in [0.3, 0.4) is 0 Å². The molecule has 1 aliphatic rings. The van der Waals surface area contributed by atoms with Crippen molar-refractivity contribution in [1.82, 2.24) is 15.0 Å². The second kappa shape index (κ2) is 6.06. The fourth-order valence-corrected chi connectivity index (χ4v) is 1.91. The first kappa shape index (κ1) is 15.2. The molecule has 114 valence electrons. The zero-order valence-electron chi connectivity index (χ0n) is 10.9. The van der Waals surface area contributed by atoms with Crippen LogP contribution in [0.2, 0.25) is 0 Å². The van der Waals surface area contributed by atoms with Gasteiger partial charge in [0.25, 0.3) is 0 Å². The first-order valence-corrected chi connectivity index (χ1v) is 6.31. The van der Waals surface area contributed by atoms with Crippen LogP contribution in [-0.2, 0) is 11.2 Å². The molecule has 1 aromatic heterocycles. The summed E-state index contributed by atoms with van der Waals surface area (Å²) < 4.78 is 46.9. The van der Waals surface area contributed by atoms with Gasteiger partial charge in [0.15, 0.2) is 6.10 Å². The molecule has 9 heteroatoms. The summed E-state index contributed by atoms with van der Waals surface area (Å²) in [5, 5.41) is 12.6. The predicted molar refractivity (Wildman–Crippen MR) is 60.9 cm³/mol. The molecule has 1 aromatic rings. The standard InChI is InChI=1S/C11H16F3N3O3/c1-2-17-3-4-19-7(6-17)10-15-9(20-16-10)5-8(18)11(12,13)14/h7-8,18H,2-6H2,1H3. The Labute approximate surface area is 113 Å². The number of hydrogen-bond acceptors (Lipinski definition) is 6. The van der Waals surface area contributed by atoms with Crippen molar-refractivity contribution in [1.29, 1.82) is 0 Å². The van der Waals surface area contributed by atoms with E-state index in [0.717, 1.165) is 13.1 Å². The molecule has 1 aliphatic heterocycles. The molecule has 1 N–H and O–H groups in total. The van der Waals surface area contributed by atoms with Gasteiger partial charge in [-0.3, -0.25) is 4.90 Å². The summed E-state index contributed by atoms with van der Waals surface area (Å²) in [7, 11) is 0. The van der Waals surface area contributed by atoms with Crippen LogP contribution < -0.4 is 0 Å². The van der Waals surface area contributed by atoms with Crippen molar-refractivity contribution in [2.75, 3.05) is 26.2 Å². The third-order valence-electron chi connectivity index (χ3n) is 3.12. The Balaban J connectivity index is 1.98. The van der Waals surface area contributed by atoms with E-state index in [1.165, 1.54) is 0 Å². The highest BCUT2D eigenvalue weighted by Crippen LogP contribution is 2.24. The minimum absolute atomic E-state index is 0.215. The first-order chi connectivity index (χ1) is 9.40. The van der Waals surface area contributed by atoms with Gasteiger partial charge in [-0.1, -0.05) is 12.1 Å². The number of aliphatic hydroxyl groups excluding tert-OH is 1. The van der Waals surface area contributed by atoms with Crippen molar-refractivity contribution in [2.24, 2.45) is 0 Å². The molecule has 0 bridgehead atoms. The topological polar surface area (TPSA) is 71.6 Å². The maximum Gasteiger partial charge on any atom is 0.414 e. The highest BCUT2D eigenvalue weighted by molar-refractivity contribution is 4.95. The van der Waals surface area contributed by atoms with Gasteiger partial charge in [-0.05, 0) is 6.54 Å². The smallest absolute Gasteiger partial charge is 0.383 e. The highest BCUT2D eigenvalue weighted by atomic mass is 19.4. The van der Waals surface area contributed by atoms with Crippen molar-refractivity contribution in [3.63, 3.8) is 0 Å². The zero-order chi connectivity index (χ0) is 14.8. The summed E-state index contributed by atoms with van der Waals surface area (Å²) in [4.78, 5) is 5.99. The lowest BCUT2D eigenvalue weighted by Crippen LogP contribution is -2.38. The fraction of sp³-hybridized carbons (Fsp3) is 0.818.